The molecule has 2 fully saturated rings. The minimum Gasteiger partial charge on any atom is -0.371 e. The van der Waals surface area contributed by atoms with Gasteiger partial charge in [-0.25, -0.2) is 0 Å². The topological polar surface area (TPSA) is 39.1 Å². The third-order valence-corrected chi connectivity index (χ3v) is 8.23. The van der Waals surface area contributed by atoms with Crippen molar-refractivity contribution in [3.63, 3.8) is 0 Å². The monoisotopic (exact) mass is 540 g/mol. The first-order valence-corrected chi connectivity index (χ1v) is 15.2. The van der Waals surface area contributed by atoms with Gasteiger partial charge in [0.1, 0.15) is 5.78 Å². The third kappa shape index (κ3) is 8.17. The number of anilines is 1. The molecule has 0 atom stereocenters. The number of hydrogen-bond acceptors (Lipinski definition) is 5. The van der Waals surface area contributed by atoms with Gasteiger partial charge in [0.2, 0.25) is 0 Å². The number of hydrogen-bond donors (Lipinski definition) is 0. The first-order valence-electron chi connectivity index (χ1n) is 15.2. The quantitative estimate of drug-likeness (QED) is 0.194. The van der Waals surface area contributed by atoms with E-state index in [0.717, 1.165) is 89.1 Å². The zero-order valence-corrected chi connectivity index (χ0v) is 25.0. The predicted octanol–water partition coefficient (Wildman–Crippen LogP) is 6.71. The molecule has 0 N–H and O–H groups in total. The van der Waals surface area contributed by atoms with Gasteiger partial charge in [-0.3, -0.25) is 9.79 Å². The van der Waals surface area contributed by atoms with E-state index in [2.05, 4.69) is 89.2 Å². The zero-order valence-electron chi connectivity index (χ0n) is 25.0. The highest BCUT2D eigenvalue weighted by atomic mass is 16.1. The van der Waals surface area contributed by atoms with Crippen molar-refractivity contribution in [3.05, 3.63) is 83.6 Å². The molecule has 0 bridgehead atoms. The summed E-state index contributed by atoms with van der Waals surface area (Å²) < 4.78 is 0. The van der Waals surface area contributed by atoms with Gasteiger partial charge >= 0.3 is 0 Å². The number of allylic oxidation sites excluding steroid dienone is 6. The maximum atomic E-state index is 12.3. The van der Waals surface area contributed by atoms with E-state index in [-0.39, 0.29) is 0 Å². The van der Waals surface area contributed by atoms with Crippen molar-refractivity contribution in [2.24, 2.45) is 10.9 Å². The second-order valence-corrected chi connectivity index (χ2v) is 11.4. The number of piperazine rings is 1. The van der Waals surface area contributed by atoms with Crippen molar-refractivity contribution >= 4 is 23.3 Å². The smallest absolute Gasteiger partial charge is 0.139 e. The maximum absolute atomic E-state index is 12.3. The van der Waals surface area contributed by atoms with Crippen LogP contribution in [-0.2, 0) is 4.79 Å². The van der Waals surface area contributed by atoms with E-state index in [4.69, 9.17) is 0 Å². The van der Waals surface area contributed by atoms with Crippen LogP contribution in [-0.4, -0.2) is 74.7 Å². The van der Waals surface area contributed by atoms with Crippen LogP contribution in [0.2, 0.25) is 0 Å². The number of nitrogens with zero attached hydrogens (tertiary/aromatic N) is 4. The maximum Gasteiger partial charge on any atom is 0.139 e. The molecule has 4 rings (SSSR count). The van der Waals surface area contributed by atoms with Crippen molar-refractivity contribution in [1.82, 2.24) is 9.80 Å². The van der Waals surface area contributed by atoms with Gasteiger partial charge in [0.25, 0.3) is 0 Å². The molecule has 0 amide bonds. The van der Waals surface area contributed by atoms with Gasteiger partial charge < -0.3 is 14.7 Å². The SMILES string of the molecule is C=C1C=C(c2ccc(N3CCN(CC)CC3)cc2)C=C(/C(=C\C=N/C)N(CCC)CCC(=C)CC(=O)C2CC2)C1. The van der Waals surface area contributed by atoms with E-state index in [1.54, 1.807) is 0 Å². The van der Waals surface area contributed by atoms with Crippen LogP contribution in [0, 0.1) is 5.92 Å². The molecule has 1 aromatic rings. The molecule has 0 aromatic heterocycles. The second kappa shape index (κ2) is 14.5. The molecule has 0 spiro atoms. The van der Waals surface area contributed by atoms with Gasteiger partial charge in [-0.05, 0) is 79.6 Å². The Labute approximate surface area is 242 Å². The summed E-state index contributed by atoms with van der Waals surface area (Å²) >= 11 is 0. The van der Waals surface area contributed by atoms with Crippen molar-refractivity contribution < 1.29 is 4.79 Å². The van der Waals surface area contributed by atoms with Crippen LogP contribution in [0.1, 0.15) is 57.9 Å². The van der Waals surface area contributed by atoms with Gasteiger partial charge in [0.15, 0.2) is 0 Å². The Morgan fingerprint density at radius 3 is 2.42 bits per heavy atom. The van der Waals surface area contributed by atoms with Crippen LogP contribution in [0.25, 0.3) is 5.57 Å². The van der Waals surface area contributed by atoms with Gasteiger partial charge in [0, 0.05) is 76.3 Å². The van der Waals surface area contributed by atoms with Crippen molar-refractivity contribution in [3.8, 4) is 0 Å². The number of Topliss-reactive ketones (excluding diaryl/α,β-unsaturated/α-hetero) is 1. The Morgan fingerprint density at radius 1 is 1.07 bits per heavy atom. The van der Waals surface area contributed by atoms with Crippen LogP contribution in [0.3, 0.4) is 0 Å². The van der Waals surface area contributed by atoms with Gasteiger partial charge in [0.05, 0.1) is 0 Å². The Hall–Kier alpha value is -3.18. The summed E-state index contributed by atoms with van der Waals surface area (Å²) in [6.07, 6.45) is 13.9. The number of benzene rings is 1. The summed E-state index contributed by atoms with van der Waals surface area (Å²) in [6.45, 7) is 20.4. The van der Waals surface area contributed by atoms with Crippen LogP contribution in [0.4, 0.5) is 5.69 Å². The summed E-state index contributed by atoms with van der Waals surface area (Å²) in [5, 5.41) is 0. The highest BCUT2D eigenvalue weighted by molar-refractivity contribution is 5.85. The van der Waals surface area contributed by atoms with Gasteiger partial charge in [-0.1, -0.05) is 56.4 Å². The minimum atomic E-state index is 0.295. The predicted molar refractivity (Wildman–Crippen MR) is 171 cm³/mol. The van der Waals surface area contributed by atoms with E-state index in [1.807, 2.05) is 13.3 Å². The molecule has 5 nitrogen and oxygen atoms in total. The molecule has 214 valence electrons. The highest BCUT2D eigenvalue weighted by Gasteiger charge is 2.29. The van der Waals surface area contributed by atoms with Crippen molar-refractivity contribution in [1.29, 1.82) is 0 Å². The lowest BCUT2D eigenvalue weighted by Gasteiger charge is -2.35. The van der Waals surface area contributed by atoms with E-state index < -0.39 is 0 Å². The lowest BCUT2D eigenvalue weighted by Crippen LogP contribution is -2.46. The summed E-state index contributed by atoms with van der Waals surface area (Å²) in [5.74, 6) is 0.667. The highest BCUT2D eigenvalue weighted by Crippen LogP contribution is 2.35. The van der Waals surface area contributed by atoms with Crippen LogP contribution >= 0.6 is 0 Å². The Kier molecular flexibility index (Phi) is 10.8. The molecule has 0 radical (unpaired) electrons. The fourth-order valence-electron chi connectivity index (χ4n) is 5.67. The fourth-order valence-corrected chi connectivity index (χ4v) is 5.67. The number of ketones is 1. The number of rotatable bonds is 14. The van der Waals surface area contributed by atoms with Crippen LogP contribution in [0.15, 0.2) is 83.1 Å². The first-order chi connectivity index (χ1) is 19.4. The molecule has 1 aliphatic heterocycles. The first kappa shape index (κ1) is 29.8. The second-order valence-electron chi connectivity index (χ2n) is 11.4. The summed E-state index contributed by atoms with van der Waals surface area (Å²) in [7, 11) is 1.81. The van der Waals surface area contributed by atoms with Gasteiger partial charge in [-0.15, -0.1) is 0 Å². The zero-order chi connectivity index (χ0) is 28.5. The van der Waals surface area contributed by atoms with Crippen LogP contribution in [0.5, 0.6) is 0 Å². The molecule has 40 heavy (non-hydrogen) atoms. The van der Waals surface area contributed by atoms with Gasteiger partial charge in [-0.2, -0.15) is 0 Å². The molecule has 3 aliphatic rings. The number of carbonyl (C=O) groups is 1. The fraction of sp³-hybridized carbons (Fsp3) is 0.486. The summed E-state index contributed by atoms with van der Waals surface area (Å²) in [5.41, 5.74) is 8.31. The molecule has 1 aromatic carbocycles. The molecular formula is C35H48N4O. The standard InChI is InChI=1S/C35H48N4O/c1-6-17-39(18-15-27(3)25-35(40)30-8-9-30)34(14-16-36-5)32-24-28(4)23-31(26-32)29-10-12-33(13-11-29)38-21-19-37(7-2)20-22-38/h10-14,16,23,26,30H,3-4,6-9,15,17-22,24-25H2,1-2,5H3/b34-14+,36-16-. The van der Waals surface area contributed by atoms with Crippen molar-refractivity contribution in [2.45, 2.75) is 52.4 Å². The van der Waals surface area contributed by atoms with Crippen molar-refractivity contribution in [2.75, 3.05) is 57.8 Å². The van der Waals surface area contributed by atoms with E-state index in [9.17, 15) is 4.79 Å². The largest absolute Gasteiger partial charge is 0.371 e. The number of aliphatic imine (C=N–C) groups is 1. The molecule has 0 unspecified atom stereocenters. The Balaban J connectivity index is 1.50. The third-order valence-electron chi connectivity index (χ3n) is 8.23. The van der Waals surface area contributed by atoms with E-state index >= 15 is 0 Å². The average molecular weight is 541 g/mol. The minimum absolute atomic E-state index is 0.295. The van der Waals surface area contributed by atoms with Crippen LogP contribution < -0.4 is 4.90 Å². The number of likely N-dealkylation sites (N-methyl/N-ethyl adjacent to an activating group) is 1. The molecule has 1 heterocycles. The van der Waals surface area contributed by atoms with E-state index in [0.29, 0.717) is 18.1 Å². The number of carbonyl (C=O) groups excluding carboxylic acids is 1. The molecule has 5 heteroatoms. The van der Waals surface area contributed by atoms with E-state index in [1.165, 1.54) is 28.1 Å². The average Bonchev–Trinajstić information content (AvgIpc) is 3.82. The molecule has 2 aliphatic carbocycles. The normalized spacial score (nSPS) is 18.6. The Morgan fingerprint density at radius 2 is 1.80 bits per heavy atom. The Bertz CT molecular complexity index is 1170. The lowest BCUT2D eigenvalue weighted by molar-refractivity contribution is -0.119. The molecular weight excluding hydrogens is 492 g/mol. The summed E-state index contributed by atoms with van der Waals surface area (Å²) in [6, 6.07) is 9.03. The molecule has 1 saturated heterocycles. The lowest BCUT2D eigenvalue weighted by atomic mass is 9.89. The molecule has 1 saturated carbocycles. The summed E-state index contributed by atoms with van der Waals surface area (Å²) in [4.78, 5) is 24.0.